The molecule has 2 saturated heterocycles. The van der Waals surface area contributed by atoms with Crippen molar-refractivity contribution >= 4 is 15.7 Å². The Balaban J connectivity index is 1.62. The summed E-state index contributed by atoms with van der Waals surface area (Å²) in [6.45, 7) is 1.97. The molecule has 1 amide bonds. The third kappa shape index (κ3) is 4.71. The zero-order valence-electron chi connectivity index (χ0n) is 12.0. The third-order valence-electron chi connectivity index (χ3n) is 4.07. The molecule has 2 rings (SSSR count). The van der Waals surface area contributed by atoms with E-state index in [0.29, 0.717) is 25.9 Å². The molecule has 0 aromatic carbocycles. The predicted molar refractivity (Wildman–Crippen MR) is 76.3 cm³/mol. The largest absolute Gasteiger partial charge is 0.376 e. The quantitative estimate of drug-likeness (QED) is 0.735. The van der Waals surface area contributed by atoms with Crippen molar-refractivity contribution in [3.63, 3.8) is 0 Å². The molecule has 6 nitrogen and oxygen atoms in total. The highest BCUT2D eigenvalue weighted by molar-refractivity contribution is 7.91. The minimum absolute atomic E-state index is 0.00760. The van der Waals surface area contributed by atoms with E-state index in [1.807, 2.05) is 11.9 Å². The number of sulfone groups is 1. The van der Waals surface area contributed by atoms with Crippen LogP contribution >= 0.6 is 0 Å². The van der Waals surface area contributed by atoms with Crippen LogP contribution in [0, 0.1) is 0 Å². The molecular formula is C13H24N2O4S. The van der Waals surface area contributed by atoms with Crippen molar-refractivity contribution in [2.45, 2.75) is 37.8 Å². The summed E-state index contributed by atoms with van der Waals surface area (Å²) in [6.07, 6.45) is 3.33. The van der Waals surface area contributed by atoms with Gasteiger partial charge in [0.1, 0.15) is 0 Å². The van der Waals surface area contributed by atoms with Crippen LogP contribution in [0.4, 0.5) is 0 Å². The molecule has 1 N–H and O–H groups in total. The number of rotatable bonds is 6. The van der Waals surface area contributed by atoms with Crippen LogP contribution in [0.15, 0.2) is 0 Å². The average Bonchev–Trinajstić information content (AvgIpc) is 3.02. The van der Waals surface area contributed by atoms with Gasteiger partial charge >= 0.3 is 0 Å². The number of nitrogens with zero attached hydrogens (tertiary/aromatic N) is 1. The summed E-state index contributed by atoms with van der Waals surface area (Å²) < 4.78 is 28.3. The van der Waals surface area contributed by atoms with E-state index in [4.69, 9.17) is 4.74 Å². The first-order valence-electron chi connectivity index (χ1n) is 7.25. The number of amides is 1. The van der Waals surface area contributed by atoms with Crippen molar-refractivity contribution in [1.82, 2.24) is 10.2 Å². The van der Waals surface area contributed by atoms with Crippen molar-refractivity contribution in [2.24, 2.45) is 0 Å². The van der Waals surface area contributed by atoms with E-state index in [1.165, 1.54) is 0 Å². The summed E-state index contributed by atoms with van der Waals surface area (Å²) in [6, 6.07) is 0.0611. The molecule has 2 aliphatic heterocycles. The number of carbonyl (C=O) groups excluding carboxylic acids is 1. The second kappa shape index (κ2) is 6.87. The SMILES string of the molecule is CN(CCC(=O)NCC1CCCO1)C1CCS(=O)(=O)C1. The molecule has 0 spiro atoms. The molecular weight excluding hydrogens is 280 g/mol. The van der Waals surface area contributed by atoms with Gasteiger partial charge in [-0.1, -0.05) is 0 Å². The maximum atomic E-state index is 11.7. The zero-order valence-corrected chi connectivity index (χ0v) is 12.8. The van der Waals surface area contributed by atoms with Crippen LogP contribution < -0.4 is 5.32 Å². The molecule has 0 aromatic rings. The fourth-order valence-electron chi connectivity index (χ4n) is 2.70. The van der Waals surface area contributed by atoms with Gasteiger partial charge < -0.3 is 15.0 Å². The number of hydrogen-bond donors (Lipinski definition) is 1. The van der Waals surface area contributed by atoms with E-state index >= 15 is 0 Å². The molecule has 2 fully saturated rings. The third-order valence-corrected chi connectivity index (χ3v) is 5.82. The summed E-state index contributed by atoms with van der Waals surface area (Å²) in [7, 11) is -0.971. The van der Waals surface area contributed by atoms with Gasteiger partial charge in [-0.25, -0.2) is 8.42 Å². The second-order valence-electron chi connectivity index (χ2n) is 5.73. The number of hydrogen-bond acceptors (Lipinski definition) is 5. The molecule has 2 heterocycles. The van der Waals surface area contributed by atoms with Crippen molar-refractivity contribution < 1.29 is 17.9 Å². The molecule has 0 bridgehead atoms. The Morgan fingerprint density at radius 2 is 2.20 bits per heavy atom. The highest BCUT2D eigenvalue weighted by atomic mass is 32.2. The summed E-state index contributed by atoms with van der Waals surface area (Å²) in [5, 5.41) is 2.88. The lowest BCUT2D eigenvalue weighted by Gasteiger charge is -2.22. The van der Waals surface area contributed by atoms with Gasteiger partial charge in [-0.2, -0.15) is 0 Å². The summed E-state index contributed by atoms with van der Waals surface area (Å²) >= 11 is 0. The minimum Gasteiger partial charge on any atom is -0.376 e. The molecule has 116 valence electrons. The number of nitrogens with one attached hydrogen (secondary N) is 1. The fourth-order valence-corrected chi connectivity index (χ4v) is 4.51. The Kier molecular flexibility index (Phi) is 5.40. The van der Waals surface area contributed by atoms with Crippen molar-refractivity contribution in [1.29, 1.82) is 0 Å². The van der Waals surface area contributed by atoms with Gasteiger partial charge in [0.25, 0.3) is 0 Å². The Morgan fingerprint density at radius 3 is 2.80 bits per heavy atom. The molecule has 2 atom stereocenters. The molecule has 0 aliphatic carbocycles. The van der Waals surface area contributed by atoms with Gasteiger partial charge in [-0.15, -0.1) is 0 Å². The summed E-state index contributed by atoms with van der Waals surface area (Å²) in [5.74, 6) is 0.502. The predicted octanol–water partition coefficient (Wildman–Crippen LogP) is -0.209. The normalized spacial score (nSPS) is 28.9. The molecule has 0 radical (unpaired) electrons. The number of carbonyl (C=O) groups is 1. The van der Waals surface area contributed by atoms with E-state index in [0.717, 1.165) is 19.4 Å². The molecule has 0 aromatic heterocycles. The van der Waals surface area contributed by atoms with Crippen LogP contribution in [0.5, 0.6) is 0 Å². The van der Waals surface area contributed by atoms with Gasteiger partial charge in [-0.05, 0) is 26.3 Å². The lowest BCUT2D eigenvalue weighted by Crippen LogP contribution is -2.37. The molecule has 7 heteroatoms. The zero-order chi connectivity index (χ0) is 14.6. The maximum Gasteiger partial charge on any atom is 0.221 e. The van der Waals surface area contributed by atoms with E-state index in [9.17, 15) is 13.2 Å². The average molecular weight is 304 g/mol. The first-order valence-corrected chi connectivity index (χ1v) is 9.07. The lowest BCUT2D eigenvalue weighted by atomic mass is 10.2. The lowest BCUT2D eigenvalue weighted by molar-refractivity contribution is -0.121. The van der Waals surface area contributed by atoms with E-state index in [-0.39, 0.29) is 29.6 Å². The van der Waals surface area contributed by atoms with Crippen LogP contribution in [0.3, 0.4) is 0 Å². The first-order chi connectivity index (χ1) is 9.46. The second-order valence-corrected chi connectivity index (χ2v) is 7.96. The Morgan fingerprint density at radius 1 is 1.40 bits per heavy atom. The standard InChI is InChI=1S/C13H24N2O4S/c1-15(11-5-8-20(17,18)10-11)6-4-13(16)14-9-12-3-2-7-19-12/h11-12H,2-10H2,1H3,(H,14,16). The smallest absolute Gasteiger partial charge is 0.221 e. The molecule has 2 unspecified atom stereocenters. The van der Waals surface area contributed by atoms with E-state index < -0.39 is 9.84 Å². The van der Waals surface area contributed by atoms with Crippen LogP contribution in [-0.2, 0) is 19.4 Å². The highest BCUT2D eigenvalue weighted by Gasteiger charge is 2.30. The Hall–Kier alpha value is -0.660. The van der Waals surface area contributed by atoms with Crippen LogP contribution in [0.25, 0.3) is 0 Å². The maximum absolute atomic E-state index is 11.7. The van der Waals surface area contributed by atoms with Crippen molar-refractivity contribution in [2.75, 3.05) is 38.2 Å². The summed E-state index contributed by atoms with van der Waals surface area (Å²) in [4.78, 5) is 13.7. The highest BCUT2D eigenvalue weighted by Crippen LogP contribution is 2.16. The van der Waals surface area contributed by atoms with Crippen molar-refractivity contribution in [3.05, 3.63) is 0 Å². The van der Waals surface area contributed by atoms with Gasteiger partial charge in [0.05, 0.1) is 17.6 Å². The van der Waals surface area contributed by atoms with Gasteiger partial charge in [-0.3, -0.25) is 4.79 Å². The molecule has 20 heavy (non-hydrogen) atoms. The van der Waals surface area contributed by atoms with Crippen molar-refractivity contribution in [3.8, 4) is 0 Å². The first kappa shape index (κ1) is 15.7. The monoisotopic (exact) mass is 304 g/mol. The van der Waals surface area contributed by atoms with Crippen LogP contribution in [0.1, 0.15) is 25.7 Å². The Bertz CT molecular complexity index is 432. The van der Waals surface area contributed by atoms with Gasteiger partial charge in [0, 0.05) is 32.2 Å². The fraction of sp³-hybridized carbons (Fsp3) is 0.923. The topological polar surface area (TPSA) is 75.7 Å². The van der Waals surface area contributed by atoms with Gasteiger partial charge in [0.15, 0.2) is 9.84 Å². The molecule has 2 aliphatic rings. The van der Waals surface area contributed by atoms with Crippen LogP contribution in [0.2, 0.25) is 0 Å². The van der Waals surface area contributed by atoms with Gasteiger partial charge in [0.2, 0.25) is 5.91 Å². The number of ether oxygens (including phenoxy) is 1. The molecule has 0 saturated carbocycles. The Labute approximate surface area is 120 Å². The minimum atomic E-state index is -2.86. The van der Waals surface area contributed by atoms with E-state index in [1.54, 1.807) is 0 Å². The van der Waals surface area contributed by atoms with E-state index in [2.05, 4.69) is 5.32 Å². The summed E-state index contributed by atoms with van der Waals surface area (Å²) in [5.41, 5.74) is 0. The van der Waals surface area contributed by atoms with Crippen LogP contribution in [-0.4, -0.2) is 69.6 Å².